The second-order valence-electron chi connectivity index (χ2n) is 13.6. The predicted octanol–water partition coefficient (Wildman–Crippen LogP) is 14.6. The lowest BCUT2D eigenvalue weighted by Crippen LogP contribution is -1.94. The minimum Gasteiger partial charge on any atom is -0.308 e. The lowest BCUT2D eigenvalue weighted by atomic mass is 9.89. The molecule has 12 rings (SSSR count). The van der Waals surface area contributed by atoms with Gasteiger partial charge in [0.05, 0.1) is 15.7 Å². The van der Waals surface area contributed by atoms with E-state index in [1.54, 1.807) is 0 Å². The van der Waals surface area contributed by atoms with Crippen molar-refractivity contribution in [1.82, 2.24) is 4.57 Å². The fourth-order valence-corrected chi connectivity index (χ4v) is 11.1. The maximum atomic E-state index is 2.53. The van der Waals surface area contributed by atoms with Crippen molar-refractivity contribution in [2.24, 2.45) is 0 Å². The topological polar surface area (TPSA) is 4.93 Å². The molecule has 0 aliphatic heterocycles. The Morgan fingerprint density at radius 2 is 0.863 bits per heavy atom. The molecule has 51 heavy (non-hydrogen) atoms. The molecule has 9 aromatic carbocycles. The summed E-state index contributed by atoms with van der Waals surface area (Å²) in [4.78, 5) is 0. The minimum atomic E-state index is 1.18. The van der Waals surface area contributed by atoms with Gasteiger partial charge in [-0.2, -0.15) is 0 Å². The zero-order valence-corrected chi connectivity index (χ0v) is 29.0. The van der Waals surface area contributed by atoms with Crippen LogP contribution in [-0.4, -0.2) is 4.57 Å². The minimum absolute atomic E-state index is 1.18. The lowest BCUT2D eigenvalue weighted by molar-refractivity contribution is 1.19. The van der Waals surface area contributed by atoms with Gasteiger partial charge in [0.1, 0.15) is 0 Å². The molecule has 236 valence electrons. The molecule has 0 spiro atoms. The summed E-state index contributed by atoms with van der Waals surface area (Å²) in [6, 6.07) is 60.9. The molecule has 0 bridgehead atoms. The van der Waals surface area contributed by atoms with Crippen molar-refractivity contribution < 1.29 is 0 Å². The van der Waals surface area contributed by atoms with Crippen LogP contribution in [0, 0.1) is 0 Å². The van der Waals surface area contributed by atoms with Crippen molar-refractivity contribution in [2.75, 3.05) is 0 Å². The molecule has 0 saturated heterocycles. The molecule has 0 aliphatic rings. The Kier molecular flexibility index (Phi) is 5.59. The highest BCUT2D eigenvalue weighted by molar-refractivity contribution is 7.27. The highest BCUT2D eigenvalue weighted by Crippen LogP contribution is 2.51. The molecule has 0 unspecified atom stereocenters. The van der Waals surface area contributed by atoms with Crippen LogP contribution in [0.1, 0.15) is 0 Å². The molecule has 0 amide bonds. The van der Waals surface area contributed by atoms with Crippen LogP contribution in [-0.2, 0) is 0 Å². The molecule has 12 aromatic rings. The van der Waals surface area contributed by atoms with Gasteiger partial charge in [-0.1, -0.05) is 121 Å². The average molecular weight is 682 g/mol. The molecular formula is C48H27NS2. The third kappa shape index (κ3) is 3.74. The summed E-state index contributed by atoms with van der Waals surface area (Å²) >= 11 is 3.80. The van der Waals surface area contributed by atoms with Crippen LogP contribution in [0.2, 0.25) is 0 Å². The third-order valence-corrected chi connectivity index (χ3v) is 13.3. The average Bonchev–Trinajstić information content (AvgIpc) is 3.88. The number of hydrogen-bond acceptors (Lipinski definition) is 2. The molecule has 0 atom stereocenters. The fraction of sp³-hybridized carbons (Fsp3) is 0. The molecule has 0 radical (unpaired) electrons. The summed E-state index contributed by atoms with van der Waals surface area (Å²) in [5.74, 6) is 0. The van der Waals surface area contributed by atoms with Crippen LogP contribution in [0.4, 0.5) is 0 Å². The van der Waals surface area contributed by atoms with Crippen molar-refractivity contribution in [3.05, 3.63) is 164 Å². The van der Waals surface area contributed by atoms with E-state index in [1.807, 2.05) is 22.7 Å². The number of para-hydroxylation sites is 1. The Labute approximate surface area is 300 Å². The molecule has 0 aliphatic carbocycles. The van der Waals surface area contributed by atoms with E-state index in [4.69, 9.17) is 0 Å². The van der Waals surface area contributed by atoms with E-state index in [0.717, 1.165) is 0 Å². The Balaban J connectivity index is 1.21. The van der Waals surface area contributed by atoms with E-state index in [-0.39, 0.29) is 0 Å². The molecule has 3 aromatic heterocycles. The van der Waals surface area contributed by atoms with Crippen LogP contribution < -0.4 is 0 Å². The quantitative estimate of drug-likeness (QED) is 0.160. The van der Waals surface area contributed by atoms with Crippen molar-refractivity contribution in [3.8, 4) is 16.8 Å². The SMILES string of the molecule is c1ccc2c(c1)sc1ccc(-c3ccc(-n4c5ccccc5c5c6c7ccccc7c7ccccc7c6c6c7ccccc7sc6c54)cc3)cc12. The van der Waals surface area contributed by atoms with E-state index in [9.17, 15) is 0 Å². The van der Waals surface area contributed by atoms with Crippen molar-refractivity contribution in [3.63, 3.8) is 0 Å². The number of hydrogen-bond donors (Lipinski definition) is 0. The monoisotopic (exact) mass is 681 g/mol. The molecule has 3 heterocycles. The van der Waals surface area contributed by atoms with Gasteiger partial charge in [-0.15, -0.1) is 22.7 Å². The molecule has 0 fully saturated rings. The van der Waals surface area contributed by atoms with Crippen molar-refractivity contribution >= 4 is 117 Å². The van der Waals surface area contributed by atoms with Gasteiger partial charge >= 0.3 is 0 Å². The first-order chi connectivity index (χ1) is 25.3. The Morgan fingerprint density at radius 3 is 1.59 bits per heavy atom. The van der Waals surface area contributed by atoms with Crippen molar-refractivity contribution in [2.45, 2.75) is 0 Å². The number of aromatic nitrogens is 1. The highest BCUT2D eigenvalue weighted by atomic mass is 32.1. The van der Waals surface area contributed by atoms with E-state index < -0.39 is 0 Å². The van der Waals surface area contributed by atoms with Gasteiger partial charge in [-0.3, -0.25) is 0 Å². The lowest BCUT2D eigenvalue weighted by Gasteiger charge is -2.15. The van der Waals surface area contributed by atoms with Gasteiger partial charge in [0.15, 0.2) is 0 Å². The largest absolute Gasteiger partial charge is 0.308 e. The van der Waals surface area contributed by atoms with Crippen LogP contribution in [0.15, 0.2) is 164 Å². The van der Waals surface area contributed by atoms with Gasteiger partial charge in [0.2, 0.25) is 0 Å². The van der Waals surface area contributed by atoms with Crippen LogP contribution in [0.25, 0.3) is 111 Å². The van der Waals surface area contributed by atoms with Gasteiger partial charge in [0, 0.05) is 62.9 Å². The first kappa shape index (κ1) is 27.8. The van der Waals surface area contributed by atoms with Gasteiger partial charge in [0.25, 0.3) is 0 Å². The fourth-order valence-electron chi connectivity index (χ4n) is 8.81. The molecule has 0 N–H and O–H groups in total. The summed E-state index contributed by atoms with van der Waals surface area (Å²) in [5, 5.41) is 15.9. The molecular weight excluding hydrogens is 655 g/mol. The van der Waals surface area contributed by atoms with Crippen LogP contribution in [0.5, 0.6) is 0 Å². The first-order valence-corrected chi connectivity index (χ1v) is 19.1. The van der Waals surface area contributed by atoms with E-state index in [0.29, 0.717) is 0 Å². The highest BCUT2D eigenvalue weighted by Gasteiger charge is 2.24. The summed E-state index contributed by atoms with van der Waals surface area (Å²) < 4.78 is 7.87. The second kappa shape index (κ2) is 10.3. The molecule has 3 heteroatoms. The van der Waals surface area contributed by atoms with Gasteiger partial charge in [-0.25, -0.2) is 0 Å². The standard InChI is InChI=1S/C48H27NS2/c1-3-14-34-31(11-1)32-12-2-4-15-35(32)44-43(34)45-36-16-5-8-18-39(36)49(47(45)48-46(44)37-17-7-10-20-41(37)51-48)30-24-21-28(22-25-30)29-23-26-42-38(27-29)33-13-6-9-19-40(33)50-42/h1-27H. The summed E-state index contributed by atoms with van der Waals surface area (Å²) in [5.41, 5.74) is 6.17. The van der Waals surface area contributed by atoms with Gasteiger partial charge in [-0.05, 0) is 75.1 Å². The Bertz CT molecular complexity index is 3410. The van der Waals surface area contributed by atoms with Crippen LogP contribution in [0.3, 0.4) is 0 Å². The normalized spacial score (nSPS) is 12.3. The smallest absolute Gasteiger partial charge is 0.0726 e. The Morgan fingerprint density at radius 1 is 0.333 bits per heavy atom. The van der Waals surface area contributed by atoms with E-state index >= 15 is 0 Å². The second-order valence-corrected chi connectivity index (χ2v) is 15.7. The zero-order valence-electron chi connectivity index (χ0n) is 27.4. The van der Waals surface area contributed by atoms with Gasteiger partial charge < -0.3 is 4.57 Å². The van der Waals surface area contributed by atoms with Crippen molar-refractivity contribution in [1.29, 1.82) is 0 Å². The maximum absolute atomic E-state index is 2.53. The first-order valence-electron chi connectivity index (χ1n) is 17.4. The number of fused-ring (bicyclic) bond motifs is 18. The maximum Gasteiger partial charge on any atom is 0.0726 e. The molecule has 1 nitrogen and oxygen atoms in total. The van der Waals surface area contributed by atoms with E-state index in [2.05, 4.69) is 168 Å². The summed E-state index contributed by atoms with van der Waals surface area (Å²) in [6.45, 7) is 0. The summed E-state index contributed by atoms with van der Waals surface area (Å²) in [7, 11) is 0. The zero-order chi connectivity index (χ0) is 33.2. The molecule has 0 saturated carbocycles. The van der Waals surface area contributed by atoms with Crippen LogP contribution >= 0.6 is 22.7 Å². The number of thiophene rings is 2. The Hall–Kier alpha value is -6.00. The number of rotatable bonds is 2. The number of benzene rings is 9. The third-order valence-electron chi connectivity index (χ3n) is 11.0. The number of nitrogens with zero attached hydrogens (tertiary/aromatic N) is 1. The summed E-state index contributed by atoms with van der Waals surface area (Å²) in [6.07, 6.45) is 0. The van der Waals surface area contributed by atoms with E-state index in [1.165, 1.54) is 111 Å². The predicted molar refractivity (Wildman–Crippen MR) is 225 cm³/mol.